The average Bonchev–Trinajstić information content (AvgIpc) is 2.99. The van der Waals surface area contributed by atoms with Crippen molar-refractivity contribution in [1.29, 1.82) is 0 Å². The molecule has 1 aromatic heterocycles. The zero-order valence-electron chi connectivity index (χ0n) is 11.4. The molecule has 3 nitrogen and oxygen atoms in total. The number of halogens is 1. The molecular formula is C14H23ClN2OS. The molecule has 2 unspecified atom stereocenters. The lowest BCUT2D eigenvalue weighted by molar-refractivity contribution is -0.121. The van der Waals surface area contributed by atoms with Gasteiger partial charge in [-0.2, -0.15) is 0 Å². The van der Waals surface area contributed by atoms with Gasteiger partial charge in [-0.1, -0.05) is 13.0 Å². The van der Waals surface area contributed by atoms with Gasteiger partial charge in [0.1, 0.15) is 0 Å². The maximum Gasteiger partial charge on any atom is 0.221 e. The average molecular weight is 303 g/mol. The molecule has 0 spiro atoms. The van der Waals surface area contributed by atoms with Crippen LogP contribution in [0, 0.1) is 5.92 Å². The Bertz CT molecular complexity index is 364. The normalized spacial score (nSPS) is 19.7. The van der Waals surface area contributed by atoms with Gasteiger partial charge in [-0.3, -0.25) is 4.79 Å². The van der Waals surface area contributed by atoms with Crippen LogP contribution >= 0.6 is 23.7 Å². The largest absolute Gasteiger partial charge is 0.356 e. The molecule has 1 saturated heterocycles. The van der Waals surface area contributed by atoms with Crippen LogP contribution in [0.3, 0.4) is 0 Å². The number of thiophene rings is 1. The molecule has 108 valence electrons. The van der Waals surface area contributed by atoms with E-state index >= 15 is 0 Å². The lowest BCUT2D eigenvalue weighted by atomic mass is 10.1. The molecule has 2 N–H and O–H groups in total. The Balaban J connectivity index is 0.00000180. The summed E-state index contributed by atoms with van der Waals surface area (Å²) in [4.78, 5) is 13.2. The van der Waals surface area contributed by atoms with Crippen molar-refractivity contribution in [2.24, 2.45) is 5.92 Å². The van der Waals surface area contributed by atoms with E-state index in [0.717, 1.165) is 25.9 Å². The SMILES string of the molecule is CC(CNC(=O)CC1CCCN1)Cc1cccs1.Cl. The van der Waals surface area contributed by atoms with Crippen LogP contribution in [-0.4, -0.2) is 25.0 Å². The second-order valence-electron chi connectivity index (χ2n) is 5.19. The predicted octanol–water partition coefficient (Wildman–Crippen LogP) is 2.61. The van der Waals surface area contributed by atoms with Crippen LogP contribution in [0.4, 0.5) is 0 Å². The maximum absolute atomic E-state index is 11.8. The van der Waals surface area contributed by atoms with Gasteiger partial charge in [0.05, 0.1) is 0 Å². The Labute approximate surface area is 125 Å². The van der Waals surface area contributed by atoms with Gasteiger partial charge < -0.3 is 10.6 Å². The van der Waals surface area contributed by atoms with E-state index in [9.17, 15) is 4.79 Å². The fourth-order valence-corrected chi connectivity index (χ4v) is 3.23. The summed E-state index contributed by atoms with van der Waals surface area (Å²) < 4.78 is 0. The molecule has 0 saturated carbocycles. The summed E-state index contributed by atoms with van der Waals surface area (Å²) in [5.41, 5.74) is 0. The molecule has 19 heavy (non-hydrogen) atoms. The van der Waals surface area contributed by atoms with Crippen molar-refractivity contribution in [1.82, 2.24) is 10.6 Å². The molecule has 2 atom stereocenters. The number of rotatable bonds is 6. The number of hydrogen-bond donors (Lipinski definition) is 2. The highest BCUT2D eigenvalue weighted by Gasteiger charge is 2.17. The molecule has 2 heterocycles. The second-order valence-corrected chi connectivity index (χ2v) is 6.22. The summed E-state index contributed by atoms with van der Waals surface area (Å²) in [5, 5.41) is 8.50. The molecule has 1 aliphatic heterocycles. The fraction of sp³-hybridized carbons (Fsp3) is 0.643. The van der Waals surface area contributed by atoms with Crippen molar-refractivity contribution >= 4 is 29.7 Å². The van der Waals surface area contributed by atoms with E-state index in [1.807, 2.05) is 0 Å². The van der Waals surface area contributed by atoms with Gasteiger partial charge in [-0.05, 0) is 43.2 Å². The summed E-state index contributed by atoms with van der Waals surface area (Å²) in [6.07, 6.45) is 4.02. The van der Waals surface area contributed by atoms with Gasteiger partial charge in [0.25, 0.3) is 0 Å². The third kappa shape index (κ3) is 5.93. The molecule has 0 radical (unpaired) electrons. The van der Waals surface area contributed by atoms with E-state index in [-0.39, 0.29) is 18.3 Å². The van der Waals surface area contributed by atoms with Crippen molar-refractivity contribution < 1.29 is 4.79 Å². The standard InChI is InChI=1S/C14H22N2OS.ClH/c1-11(8-13-5-3-7-18-13)10-16-14(17)9-12-4-2-6-15-12;/h3,5,7,11-12,15H,2,4,6,8-10H2,1H3,(H,16,17);1H. The summed E-state index contributed by atoms with van der Waals surface area (Å²) >= 11 is 1.79. The van der Waals surface area contributed by atoms with Gasteiger partial charge in [0.15, 0.2) is 0 Å². The number of carbonyl (C=O) groups is 1. The topological polar surface area (TPSA) is 41.1 Å². The highest BCUT2D eigenvalue weighted by Crippen LogP contribution is 2.14. The van der Waals surface area contributed by atoms with Crippen molar-refractivity contribution in [3.63, 3.8) is 0 Å². The molecule has 0 aromatic carbocycles. The van der Waals surface area contributed by atoms with Crippen molar-refractivity contribution in [2.45, 2.75) is 38.6 Å². The minimum atomic E-state index is 0. The van der Waals surface area contributed by atoms with Gasteiger partial charge >= 0.3 is 0 Å². The molecule has 1 aliphatic rings. The van der Waals surface area contributed by atoms with Crippen molar-refractivity contribution in [3.8, 4) is 0 Å². The molecule has 1 amide bonds. The maximum atomic E-state index is 11.8. The van der Waals surface area contributed by atoms with Gasteiger partial charge in [-0.15, -0.1) is 23.7 Å². The third-order valence-corrected chi connectivity index (χ3v) is 4.27. The highest BCUT2D eigenvalue weighted by molar-refractivity contribution is 7.09. The molecule has 0 bridgehead atoms. The minimum Gasteiger partial charge on any atom is -0.356 e. The Morgan fingerprint density at radius 3 is 3.11 bits per heavy atom. The van der Waals surface area contributed by atoms with Crippen LogP contribution in [0.15, 0.2) is 17.5 Å². The predicted molar refractivity (Wildman–Crippen MR) is 83.1 cm³/mol. The summed E-state index contributed by atoms with van der Waals surface area (Å²) in [6.45, 7) is 4.03. The lowest BCUT2D eigenvalue weighted by Crippen LogP contribution is -2.34. The Morgan fingerprint density at radius 2 is 2.47 bits per heavy atom. The molecule has 0 aliphatic carbocycles. The van der Waals surface area contributed by atoms with Crippen molar-refractivity contribution in [2.75, 3.05) is 13.1 Å². The Morgan fingerprint density at radius 1 is 1.63 bits per heavy atom. The number of hydrogen-bond acceptors (Lipinski definition) is 3. The van der Waals surface area contributed by atoms with Crippen LogP contribution in [0.5, 0.6) is 0 Å². The van der Waals surface area contributed by atoms with E-state index in [0.29, 0.717) is 18.4 Å². The van der Waals surface area contributed by atoms with E-state index in [1.165, 1.54) is 11.3 Å². The van der Waals surface area contributed by atoms with Crippen LogP contribution in [-0.2, 0) is 11.2 Å². The van der Waals surface area contributed by atoms with E-state index in [4.69, 9.17) is 0 Å². The van der Waals surface area contributed by atoms with Gasteiger partial charge in [-0.25, -0.2) is 0 Å². The Kier molecular flexibility index (Phi) is 7.42. The first-order valence-corrected chi connectivity index (χ1v) is 7.64. The summed E-state index contributed by atoms with van der Waals surface area (Å²) in [5.74, 6) is 0.691. The van der Waals surface area contributed by atoms with E-state index in [2.05, 4.69) is 35.1 Å². The first kappa shape index (κ1) is 16.5. The summed E-state index contributed by atoms with van der Waals surface area (Å²) in [7, 11) is 0. The van der Waals surface area contributed by atoms with E-state index < -0.39 is 0 Å². The fourth-order valence-electron chi connectivity index (χ4n) is 2.36. The number of nitrogens with one attached hydrogen (secondary N) is 2. The smallest absolute Gasteiger partial charge is 0.221 e. The molecule has 1 aromatic rings. The van der Waals surface area contributed by atoms with Crippen LogP contribution in [0.25, 0.3) is 0 Å². The second kappa shape index (κ2) is 8.56. The minimum absolute atomic E-state index is 0. The van der Waals surface area contributed by atoms with E-state index in [1.54, 1.807) is 11.3 Å². The van der Waals surface area contributed by atoms with Gasteiger partial charge in [0, 0.05) is 23.9 Å². The van der Waals surface area contributed by atoms with Gasteiger partial charge in [0.2, 0.25) is 5.91 Å². The van der Waals surface area contributed by atoms with Crippen LogP contribution < -0.4 is 10.6 Å². The Hall–Kier alpha value is -0.580. The monoisotopic (exact) mass is 302 g/mol. The zero-order chi connectivity index (χ0) is 12.8. The number of carbonyl (C=O) groups excluding carboxylic acids is 1. The molecular weight excluding hydrogens is 280 g/mol. The lowest BCUT2D eigenvalue weighted by Gasteiger charge is -2.14. The first-order chi connectivity index (χ1) is 8.74. The highest BCUT2D eigenvalue weighted by atomic mass is 35.5. The molecule has 2 rings (SSSR count). The quantitative estimate of drug-likeness (QED) is 0.848. The van der Waals surface area contributed by atoms with Crippen LogP contribution in [0.2, 0.25) is 0 Å². The first-order valence-electron chi connectivity index (χ1n) is 6.76. The molecule has 5 heteroatoms. The number of amides is 1. The van der Waals surface area contributed by atoms with Crippen molar-refractivity contribution in [3.05, 3.63) is 22.4 Å². The zero-order valence-corrected chi connectivity index (χ0v) is 13.0. The third-order valence-electron chi connectivity index (χ3n) is 3.37. The van der Waals surface area contributed by atoms with Crippen LogP contribution in [0.1, 0.15) is 31.1 Å². The molecule has 1 fully saturated rings. The summed E-state index contributed by atoms with van der Waals surface area (Å²) in [6, 6.07) is 4.64.